The molecule has 0 unspecified atom stereocenters. The van der Waals surface area contributed by atoms with E-state index in [1.54, 1.807) is 36.4 Å². The molecule has 0 atom stereocenters. The van der Waals surface area contributed by atoms with Gasteiger partial charge in [-0.05, 0) is 65.2 Å². The monoisotopic (exact) mass is 461 g/mol. The number of hydrogen-bond donors (Lipinski definition) is 3. The van der Waals surface area contributed by atoms with E-state index in [1.165, 1.54) is 0 Å². The van der Waals surface area contributed by atoms with Crippen molar-refractivity contribution in [2.75, 3.05) is 0 Å². The van der Waals surface area contributed by atoms with Crippen LogP contribution in [0.15, 0.2) is 78.9 Å². The lowest BCUT2D eigenvalue weighted by Gasteiger charge is -2.19. The van der Waals surface area contributed by atoms with Gasteiger partial charge < -0.3 is 4.74 Å². The number of nitrogens with one attached hydrogen (secondary N) is 3. The Bertz CT molecular complexity index is 1110. The normalized spacial score (nSPS) is 10.8. The van der Waals surface area contributed by atoms with E-state index in [4.69, 9.17) is 17.0 Å². The first-order chi connectivity index (χ1) is 15.7. The summed E-state index contributed by atoms with van der Waals surface area (Å²) < 4.78 is 5.72. The molecule has 0 heterocycles. The average Bonchev–Trinajstić information content (AvgIpc) is 2.81. The molecular formula is C26H27N3O3S. The molecule has 0 radical (unpaired) electrons. The van der Waals surface area contributed by atoms with Crippen LogP contribution in [0.1, 0.15) is 52.6 Å². The summed E-state index contributed by atoms with van der Waals surface area (Å²) in [5.41, 5.74) is 8.11. The third-order valence-corrected chi connectivity index (χ3v) is 5.10. The predicted molar refractivity (Wildman–Crippen MR) is 133 cm³/mol. The van der Waals surface area contributed by atoms with E-state index >= 15 is 0 Å². The Kier molecular flexibility index (Phi) is 7.79. The minimum absolute atomic E-state index is 0.00235. The van der Waals surface area contributed by atoms with Crippen LogP contribution in [0.4, 0.5) is 0 Å². The molecule has 0 saturated carbocycles. The van der Waals surface area contributed by atoms with Crippen LogP contribution >= 0.6 is 12.2 Å². The summed E-state index contributed by atoms with van der Waals surface area (Å²) in [6.07, 6.45) is 0. The van der Waals surface area contributed by atoms with Gasteiger partial charge in [-0.1, -0.05) is 63.2 Å². The second kappa shape index (κ2) is 10.7. The maximum atomic E-state index is 12.4. The highest BCUT2D eigenvalue weighted by Gasteiger charge is 2.15. The smallest absolute Gasteiger partial charge is 0.269 e. The van der Waals surface area contributed by atoms with Crippen molar-refractivity contribution in [2.45, 2.75) is 32.8 Å². The van der Waals surface area contributed by atoms with Gasteiger partial charge in [0.15, 0.2) is 5.11 Å². The van der Waals surface area contributed by atoms with E-state index in [9.17, 15) is 9.59 Å². The Morgan fingerprint density at radius 1 is 0.788 bits per heavy atom. The number of hydrazine groups is 1. The zero-order chi connectivity index (χ0) is 23.8. The molecule has 170 valence electrons. The molecule has 7 heteroatoms. The van der Waals surface area contributed by atoms with Crippen molar-refractivity contribution in [2.24, 2.45) is 0 Å². The van der Waals surface area contributed by atoms with E-state index in [1.807, 2.05) is 42.5 Å². The standard InChI is InChI=1S/C26H27N3O3S/c1-26(2,3)21-13-9-19(10-14-21)23(30)27-25(33)29-28-24(31)20-11-15-22(16-12-20)32-17-18-7-5-4-6-8-18/h4-16H,17H2,1-3H3,(H,28,31)(H2,27,29,30,33). The van der Waals surface area contributed by atoms with E-state index in [2.05, 4.69) is 36.9 Å². The van der Waals surface area contributed by atoms with Gasteiger partial charge in [-0.15, -0.1) is 0 Å². The number of benzene rings is 3. The summed E-state index contributed by atoms with van der Waals surface area (Å²) in [5, 5.41) is 2.55. The predicted octanol–water partition coefficient (Wildman–Crippen LogP) is 4.51. The van der Waals surface area contributed by atoms with Crippen molar-refractivity contribution in [3.05, 3.63) is 101 Å². The molecular weight excluding hydrogens is 434 g/mol. The van der Waals surface area contributed by atoms with Crippen LogP contribution in [0.25, 0.3) is 0 Å². The number of rotatable bonds is 5. The van der Waals surface area contributed by atoms with Crippen LogP contribution in [0.2, 0.25) is 0 Å². The third-order valence-electron chi connectivity index (χ3n) is 4.89. The lowest BCUT2D eigenvalue weighted by atomic mass is 9.87. The van der Waals surface area contributed by atoms with Gasteiger partial charge in [0.05, 0.1) is 0 Å². The Morgan fingerprint density at radius 2 is 1.36 bits per heavy atom. The highest BCUT2D eigenvalue weighted by Crippen LogP contribution is 2.22. The van der Waals surface area contributed by atoms with Gasteiger partial charge in [0.2, 0.25) is 0 Å². The first kappa shape index (κ1) is 23.9. The summed E-state index contributed by atoms with van der Waals surface area (Å²) in [7, 11) is 0. The molecule has 2 amide bonds. The van der Waals surface area contributed by atoms with Crippen molar-refractivity contribution in [1.82, 2.24) is 16.2 Å². The van der Waals surface area contributed by atoms with Crippen molar-refractivity contribution < 1.29 is 14.3 Å². The number of hydrogen-bond acceptors (Lipinski definition) is 4. The number of thiocarbonyl (C=S) groups is 1. The van der Waals surface area contributed by atoms with Crippen molar-refractivity contribution in [3.8, 4) is 5.75 Å². The Hall–Kier alpha value is -3.71. The fraction of sp³-hybridized carbons (Fsp3) is 0.192. The molecule has 0 aliphatic rings. The molecule has 0 spiro atoms. The van der Waals surface area contributed by atoms with E-state index in [-0.39, 0.29) is 16.4 Å². The van der Waals surface area contributed by atoms with Gasteiger partial charge in [-0.2, -0.15) is 0 Å². The number of carbonyl (C=O) groups excluding carboxylic acids is 2. The summed E-state index contributed by atoms with van der Waals surface area (Å²) in [4.78, 5) is 24.7. The van der Waals surface area contributed by atoms with Crippen molar-refractivity contribution in [1.29, 1.82) is 0 Å². The Labute approximate surface area is 199 Å². The zero-order valence-electron chi connectivity index (χ0n) is 18.8. The number of amides is 2. The van der Waals surface area contributed by atoms with Gasteiger partial charge in [0.25, 0.3) is 11.8 Å². The quantitative estimate of drug-likeness (QED) is 0.385. The van der Waals surface area contributed by atoms with Crippen LogP contribution in [0, 0.1) is 0 Å². The first-order valence-corrected chi connectivity index (χ1v) is 10.9. The molecule has 0 saturated heterocycles. The number of ether oxygens (including phenoxy) is 1. The Balaban J connectivity index is 1.45. The van der Waals surface area contributed by atoms with E-state index < -0.39 is 5.91 Å². The number of carbonyl (C=O) groups is 2. The second-order valence-corrected chi connectivity index (χ2v) is 8.90. The molecule has 0 aromatic heterocycles. The topological polar surface area (TPSA) is 79.5 Å². The minimum Gasteiger partial charge on any atom is -0.489 e. The molecule has 0 aliphatic heterocycles. The van der Waals surface area contributed by atoms with Gasteiger partial charge in [-0.25, -0.2) is 0 Å². The second-order valence-electron chi connectivity index (χ2n) is 8.49. The zero-order valence-corrected chi connectivity index (χ0v) is 19.7. The molecule has 3 rings (SSSR count). The van der Waals surface area contributed by atoms with Gasteiger partial charge in [0, 0.05) is 11.1 Å². The summed E-state index contributed by atoms with van der Waals surface area (Å²) in [6.45, 7) is 6.76. The fourth-order valence-electron chi connectivity index (χ4n) is 2.96. The van der Waals surface area contributed by atoms with Crippen LogP contribution in [0.3, 0.4) is 0 Å². The lowest BCUT2D eigenvalue weighted by Crippen LogP contribution is -2.48. The SMILES string of the molecule is CC(C)(C)c1ccc(C(=O)NC(=S)NNC(=O)c2ccc(OCc3ccccc3)cc2)cc1. The molecule has 3 aromatic rings. The molecule has 0 bridgehead atoms. The Morgan fingerprint density at radius 3 is 1.97 bits per heavy atom. The third kappa shape index (κ3) is 7.15. The van der Waals surface area contributed by atoms with Gasteiger partial charge >= 0.3 is 0 Å². The van der Waals surface area contributed by atoms with Crippen LogP contribution in [-0.4, -0.2) is 16.9 Å². The molecule has 3 N–H and O–H groups in total. The summed E-state index contributed by atoms with van der Waals surface area (Å²) >= 11 is 5.11. The van der Waals surface area contributed by atoms with Crippen LogP contribution in [-0.2, 0) is 12.0 Å². The molecule has 33 heavy (non-hydrogen) atoms. The average molecular weight is 462 g/mol. The minimum atomic E-state index is -0.393. The molecule has 0 aliphatic carbocycles. The van der Waals surface area contributed by atoms with Crippen molar-refractivity contribution in [3.63, 3.8) is 0 Å². The first-order valence-electron chi connectivity index (χ1n) is 10.5. The van der Waals surface area contributed by atoms with E-state index in [0.29, 0.717) is 23.5 Å². The molecule has 0 fully saturated rings. The molecule has 3 aromatic carbocycles. The van der Waals surface area contributed by atoms with Crippen molar-refractivity contribution >= 4 is 29.1 Å². The van der Waals surface area contributed by atoms with Crippen LogP contribution < -0.4 is 20.9 Å². The maximum Gasteiger partial charge on any atom is 0.269 e. The fourth-order valence-corrected chi connectivity index (χ4v) is 3.10. The van der Waals surface area contributed by atoms with E-state index in [0.717, 1.165) is 11.1 Å². The summed E-state index contributed by atoms with van der Waals surface area (Å²) in [6, 6.07) is 23.9. The lowest BCUT2D eigenvalue weighted by molar-refractivity contribution is 0.0934. The highest BCUT2D eigenvalue weighted by molar-refractivity contribution is 7.80. The summed E-state index contributed by atoms with van der Waals surface area (Å²) in [5.74, 6) is -0.0958. The largest absolute Gasteiger partial charge is 0.489 e. The van der Waals surface area contributed by atoms with Gasteiger partial charge in [0.1, 0.15) is 12.4 Å². The molecule has 6 nitrogen and oxygen atoms in total. The van der Waals surface area contributed by atoms with Gasteiger partial charge in [-0.3, -0.25) is 25.8 Å². The highest BCUT2D eigenvalue weighted by atomic mass is 32.1. The van der Waals surface area contributed by atoms with Crippen LogP contribution in [0.5, 0.6) is 5.75 Å². The maximum absolute atomic E-state index is 12.4.